The number of thioether (sulfide) groups is 1. The van der Waals surface area contributed by atoms with Gasteiger partial charge in [-0.1, -0.05) is 53.8 Å². The van der Waals surface area contributed by atoms with Gasteiger partial charge in [-0.25, -0.2) is 0 Å². The Morgan fingerprint density at radius 2 is 2.00 bits per heavy atom. The summed E-state index contributed by atoms with van der Waals surface area (Å²) in [4.78, 5) is 14.8. The lowest BCUT2D eigenvalue weighted by atomic mass is 10.1. The number of thiocarbonyl (C=S) groups is 1. The van der Waals surface area contributed by atoms with Crippen molar-refractivity contribution < 1.29 is 14.3 Å². The summed E-state index contributed by atoms with van der Waals surface area (Å²) in [6, 6.07) is 12.9. The normalized spacial score (nSPS) is 15.7. The fourth-order valence-electron chi connectivity index (χ4n) is 2.53. The van der Waals surface area contributed by atoms with Gasteiger partial charge < -0.3 is 9.47 Å². The molecule has 1 aliphatic heterocycles. The molecule has 26 heavy (non-hydrogen) atoms. The molecule has 4 nitrogen and oxygen atoms in total. The quantitative estimate of drug-likeness (QED) is 0.508. The zero-order valence-electron chi connectivity index (χ0n) is 14.2. The molecule has 2 aromatic carbocycles. The Bertz CT molecular complexity index is 884. The number of rotatable bonds is 5. The van der Waals surface area contributed by atoms with Crippen molar-refractivity contribution >= 4 is 57.6 Å². The first kappa shape index (κ1) is 18.8. The highest BCUT2D eigenvalue weighted by Crippen LogP contribution is 2.39. The van der Waals surface area contributed by atoms with Crippen molar-refractivity contribution in [1.29, 1.82) is 0 Å². The Hall–Kier alpha value is -2.02. The molecule has 1 amide bonds. The Morgan fingerprint density at radius 1 is 1.27 bits per heavy atom. The zero-order chi connectivity index (χ0) is 18.7. The number of hydrogen-bond acceptors (Lipinski definition) is 5. The van der Waals surface area contributed by atoms with E-state index in [4.69, 9.17) is 33.3 Å². The lowest BCUT2D eigenvalue weighted by Gasteiger charge is -2.14. The molecule has 3 rings (SSSR count). The third kappa shape index (κ3) is 3.72. The Kier molecular flexibility index (Phi) is 5.86. The molecular formula is C19H16ClNO3S2. The molecule has 2 aromatic rings. The summed E-state index contributed by atoms with van der Waals surface area (Å²) in [5.74, 6) is 0.852. The third-order valence-corrected chi connectivity index (χ3v) is 5.23. The number of amides is 1. The molecule has 1 heterocycles. The van der Waals surface area contributed by atoms with Crippen molar-refractivity contribution in [2.45, 2.75) is 6.92 Å². The van der Waals surface area contributed by atoms with Crippen LogP contribution in [0.5, 0.6) is 11.5 Å². The second-order valence-electron chi connectivity index (χ2n) is 5.32. The maximum absolute atomic E-state index is 12.8. The van der Waals surface area contributed by atoms with E-state index in [0.29, 0.717) is 32.4 Å². The van der Waals surface area contributed by atoms with Crippen molar-refractivity contribution in [2.24, 2.45) is 0 Å². The number of hydrogen-bond donors (Lipinski definition) is 0. The molecule has 0 aliphatic carbocycles. The SMILES string of the molecule is CCOc1c(Cl)cc(/C=C2/SC(=S)N(c3ccccc3)C2=O)cc1OC. The molecule has 1 fully saturated rings. The van der Waals surface area contributed by atoms with E-state index < -0.39 is 0 Å². The lowest BCUT2D eigenvalue weighted by molar-refractivity contribution is -0.113. The van der Waals surface area contributed by atoms with Crippen LogP contribution in [0.1, 0.15) is 12.5 Å². The standard InChI is InChI=1S/C19H16ClNO3S2/c1-3-24-17-14(20)9-12(10-15(17)23-2)11-16-18(22)21(19(25)26-16)13-7-5-4-6-8-13/h4-11H,3H2,1-2H3/b16-11+. The van der Waals surface area contributed by atoms with Crippen LogP contribution in [0, 0.1) is 0 Å². The summed E-state index contributed by atoms with van der Waals surface area (Å²) in [5.41, 5.74) is 1.49. The summed E-state index contributed by atoms with van der Waals surface area (Å²) >= 11 is 12.9. The predicted octanol–water partition coefficient (Wildman–Crippen LogP) is 5.15. The number of benzene rings is 2. The molecule has 0 radical (unpaired) electrons. The smallest absolute Gasteiger partial charge is 0.270 e. The van der Waals surface area contributed by atoms with E-state index in [2.05, 4.69) is 0 Å². The van der Waals surface area contributed by atoms with Crippen LogP contribution in [0.4, 0.5) is 5.69 Å². The van der Waals surface area contributed by atoms with Crippen LogP contribution in [0.15, 0.2) is 47.4 Å². The Balaban J connectivity index is 1.95. The fraction of sp³-hybridized carbons (Fsp3) is 0.158. The highest BCUT2D eigenvalue weighted by atomic mass is 35.5. The molecule has 0 bridgehead atoms. The van der Waals surface area contributed by atoms with Gasteiger partial charge in [0.05, 0.1) is 29.3 Å². The van der Waals surface area contributed by atoms with Crippen LogP contribution in [0.25, 0.3) is 6.08 Å². The van der Waals surface area contributed by atoms with Crippen LogP contribution in [-0.2, 0) is 4.79 Å². The van der Waals surface area contributed by atoms with Gasteiger partial charge in [-0.15, -0.1) is 0 Å². The average molecular weight is 406 g/mol. The Morgan fingerprint density at radius 3 is 2.65 bits per heavy atom. The van der Waals surface area contributed by atoms with E-state index >= 15 is 0 Å². The molecule has 0 aromatic heterocycles. The van der Waals surface area contributed by atoms with Crippen molar-refractivity contribution in [1.82, 2.24) is 0 Å². The van der Waals surface area contributed by atoms with Gasteiger partial charge in [0.15, 0.2) is 15.8 Å². The minimum atomic E-state index is -0.157. The minimum Gasteiger partial charge on any atom is -0.493 e. The fourth-order valence-corrected chi connectivity index (χ4v) is 4.10. The molecule has 1 aliphatic rings. The minimum absolute atomic E-state index is 0.157. The van der Waals surface area contributed by atoms with Crippen LogP contribution >= 0.6 is 35.6 Å². The molecule has 0 atom stereocenters. The van der Waals surface area contributed by atoms with Gasteiger partial charge in [-0.3, -0.25) is 9.69 Å². The summed E-state index contributed by atoms with van der Waals surface area (Å²) < 4.78 is 11.4. The van der Waals surface area contributed by atoms with E-state index in [1.165, 1.54) is 16.7 Å². The van der Waals surface area contributed by atoms with Gasteiger partial charge in [0.25, 0.3) is 5.91 Å². The topological polar surface area (TPSA) is 38.8 Å². The van der Waals surface area contributed by atoms with Gasteiger partial charge in [-0.05, 0) is 42.8 Å². The van der Waals surface area contributed by atoms with Crippen molar-refractivity contribution in [3.05, 3.63) is 58.0 Å². The third-order valence-electron chi connectivity index (χ3n) is 3.65. The number of methoxy groups -OCH3 is 1. The highest BCUT2D eigenvalue weighted by molar-refractivity contribution is 8.27. The van der Waals surface area contributed by atoms with Gasteiger partial charge in [0.1, 0.15) is 0 Å². The number of para-hydroxylation sites is 1. The maximum Gasteiger partial charge on any atom is 0.270 e. The van der Waals surface area contributed by atoms with Crippen molar-refractivity contribution in [3.8, 4) is 11.5 Å². The molecule has 0 unspecified atom stereocenters. The molecule has 0 saturated carbocycles. The van der Waals surface area contributed by atoms with Crippen molar-refractivity contribution in [2.75, 3.05) is 18.6 Å². The maximum atomic E-state index is 12.8. The second-order valence-corrected chi connectivity index (χ2v) is 7.40. The highest BCUT2D eigenvalue weighted by Gasteiger charge is 2.33. The molecule has 1 saturated heterocycles. The van der Waals surface area contributed by atoms with Gasteiger partial charge in [0, 0.05) is 0 Å². The van der Waals surface area contributed by atoms with Crippen LogP contribution < -0.4 is 14.4 Å². The predicted molar refractivity (Wildman–Crippen MR) is 111 cm³/mol. The summed E-state index contributed by atoms with van der Waals surface area (Å²) in [7, 11) is 1.55. The number of ether oxygens (including phenoxy) is 2. The number of halogens is 1. The molecule has 0 spiro atoms. The molecule has 0 N–H and O–H groups in total. The van der Waals surface area contributed by atoms with E-state index in [1.807, 2.05) is 37.3 Å². The Labute approximate surface area is 166 Å². The van der Waals surface area contributed by atoms with Crippen molar-refractivity contribution in [3.63, 3.8) is 0 Å². The molecule has 7 heteroatoms. The average Bonchev–Trinajstić information content (AvgIpc) is 2.91. The molecular weight excluding hydrogens is 390 g/mol. The monoisotopic (exact) mass is 405 g/mol. The first-order valence-corrected chi connectivity index (χ1v) is 9.48. The van der Waals surface area contributed by atoms with Gasteiger partial charge in [-0.2, -0.15) is 0 Å². The number of anilines is 1. The molecule has 134 valence electrons. The summed E-state index contributed by atoms with van der Waals surface area (Å²) in [6.45, 7) is 2.35. The summed E-state index contributed by atoms with van der Waals surface area (Å²) in [6.07, 6.45) is 1.76. The van der Waals surface area contributed by atoms with Gasteiger partial charge >= 0.3 is 0 Å². The first-order valence-electron chi connectivity index (χ1n) is 7.88. The summed E-state index contributed by atoms with van der Waals surface area (Å²) in [5, 5.41) is 0.427. The van der Waals surface area contributed by atoms with E-state index in [9.17, 15) is 4.79 Å². The van der Waals surface area contributed by atoms with Crippen LogP contribution in [-0.4, -0.2) is 23.9 Å². The van der Waals surface area contributed by atoms with E-state index in [1.54, 1.807) is 25.3 Å². The van der Waals surface area contributed by atoms with Gasteiger partial charge in [0.2, 0.25) is 0 Å². The number of carbonyl (C=O) groups is 1. The van der Waals surface area contributed by atoms with Crippen LogP contribution in [0.3, 0.4) is 0 Å². The first-order chi connectivity index (χ1) is 12.5. The lowest BCUT2D eigenvalue weighted by Crippen LogP contribution is -2.27. The van der Waals surface area contributed by atoms with E-state index in [0.717, 1.165) is 11.3 Å². The van der Waals surface area contributed by atoms with E-state index in [-0.39, 0.29) is 5.91 Å². The zero-order valence-corrected chi connectivity index (χ0v) is 16.6. The largest absolute Gasteiger partial charge is 0.493 e. The number of carbonyl (C=O) groups excluding carboxylic acids is 1. The second kappa shape index (κ2) is 8.12. The number of nitrogens with zero attached hydrogens (tertiary/aromatic N) is 1. The van der Waals surface area contributed by atoms with Crippen LogP contribution in [0.2, 0.25) is 5.02 Å².